The molecule has 0 atom stereocenters. The zero-order valence-electron chi connectivity index (χ0n) is 12.1. The van der Waals surface area contributed by atoms with Crippen molar-refractivity contribution in [3.8, 4) is 0 Å². The third kappa shape index (κ3) is 3.31. The number of aromatic nitrogens is 1. The summed E-state index contributed by atoms with van der Waals surface area (Å²) >= 11 is 5.89. The molecular formula is C18H17ClN2O. The fourth-order valence-electron chi connectivity index (χ4n) is 2.52. The maximum atomic E-state index is 12.0. The van der Waals surface area contributed by atoms with Crippen molar-refractivity contribution in [3.63, 3.8) is 0 Å². The van der Waals surface area contributed by atoms with Crippen molar-refractivity contribution in [1.82, 2.24) is 9.88 Å². The summed E-state index contributed by atoms with van der Waals surface area (Å²) in [6, 6.07) is 17.4. The second-order valence-corrected chi connectivity index (χ2v) is 5.62. The molecule has 0 aliphatic heterocycles. The average molecular weight is 313 g/mol. The van der Waals surface area contributed by atoms with Crippen molar-refractivity contribution >= 4 is 28.4 Å². The number of aryl methyl sites for hydroxylation is 1. The predicted octanol–water partition coefficient (Wildman–Crippen LogP) is 4.11. The molecule has 1 amide bonds. The fraction of sp³-hybridized carbons (Fsp3) is 0.167. The number of benzene rings is 2. The van der Waals surface area contributed by atoms with Crippen molar-refractivity contribution in [2.24, 2.45) is 0 Å². The topological polar surface area (TPSA) is 34.0 Å². The summed E-state index contributed by atoms with van der Waals surface area (Å²) in [6.07, 6.45) is 2.97. The molecule has 1 heterocycles. The van der Waals surface area contributed by atoms with Crippen LogP contribution < -0.4 is 5.32 Å². The summed E-state index contributed by atoms with van der Waals surface area (Å²) in [5.41, 5.74) is 1.82. The molecule has 3 rings (SSSR count). The SMILES string of the molecule is O=C(NCCCn1ccc2ccccc21)c1cccc(Cl)c1. The van der Waals surface area contributed by atoms with Crippen molar-refractivity contribution in [1.29, 1.82) is 0 Å². The van der Waals surface area contributed by atoms with Gasteiger partial charge in [-0.25, -0.2) is 0 Å². The number of nitrogens with one attached hydrogen (secondary N) is 1. The molecule has 0 saturated heterocycles. The molecule has 0 aliphatic carbocycles. The number of hydrogen-bond acceptors (Lipinski definition) is 1. The minimum absolute atomic E-state index is 0.0835. The number of carbonyl (C=O) groups is 1. The lowest BCUT2D eigenvalue weighted by molar-refractivity contribution is 0.0953. The number of para-hydroxylation sites is 1. The number of rotatable bonds is 5. The lowest BCUT2D eigenvalue weighted by Gasteiger charge is -2.07. The van der Waals surface area contributed by atoms with Crippen molar-refractivity contribution < 1.29 is 4.79 Å². The number of carbonyl (C=O) groups excluding carboxylic acids is 1. The van der Waals surface area contributed by atoms with Crippen LogP contribution in [0.5, 0.6) is 0 Å². The summed E-state index contributed by atoms with van der Waals surface area (Å²) in [6.45, 7) is 1.52. The van der Waals surface area contributed by atoms with Gasteiger partial charge >= 0.3 is 0 Å². The van der Waals surface area contributed by atoms with Crippen LogP contribution in [-0.2, 0) is 6.54 Å². The monoisotopic (exact) mass is 312 g/mol. The van der Waals surface area contributed by atoms with Gasteiger partial charge in [0.2, 0.25) is 0 Å². The number of halogens is 1. The number of hydrogen-bond donors (Lipinski definition) is 1. The number of fused-ring (bicyclic) bond motifs is 1. The highest BCUT2D eigenvalue weighted by atomic mass is 35.5. The van der Waals surface area contributed by atoms with E-state index in [1.165, 1.54) is 10.9 Å². The van der Waals surface area contributed by atoms with E-state index in [4.69, 9.17) is 11.6 Å². The summed E-state index contributed by atoms with van der Waals surface area (Å²) in [5, 5.41) is 4.74. The maximum absolute atomic E-state index is 12.0. The highest BCUT2D eigenvalue weighted by Gasteiger charge is 2.05. The first-order valence-electron chi connectivity index (χ1n) is 7.32. The molecule has 0 saturated carbocycles. The third-order valence-electron chi connectivity index (χ3n) is 3.63. The van der Waals surface area contributed by atoms with E-state index in [-0.39, 0.29) is 5.91 Å². The molecule has 0 fully saturated rings. The van der Waals surface area contributed by atoms with Crippen LogP contribution >= 0.6 is 11.6 Å². The molecule has 3 aromatic rings. The Hall–Kier alpha value is -2.26. The first-order valence-corrected chi connectivity index (χ1v) is 7.69. The first-order chi connectivity index (χ1) is 10.7. The van der Waals surface area contributed by atoms with Gasteiger partial charge in [0, 0.05) is 35.4 Å². The lowest BCUT2D eigenvalue weighted by atomic mass is 10.2. The van der Waals surface area contributed by atoms with Crippen LogP contribution in [0.2, 0.25) is 5.02 Å². The van der Waals surface area contributed by atoms with Gasteiger partial charge in [-0.15, -0.1) is 0 Å². The second-order valence-electron chi connectivity index (χ2n) is 5.19. The first kappa shape index (κ1) is 14.7. The number of amides is 1. The fourth-order valence-corrected chi connectivity index (χ4v) is 2.71. The van der Waals surface area contributed by atoms with Crippen LogP contribution in [0.25, 0.3) is 10.9 Å². The van der Waals surface area contributed by atoms with Gasteiger partial charge in [-0.05, 0) is 42.1 Å². The van der Waals surface area contributed by atoms with Crippen LogP contribution in [-0.4, -0.2) is 17.0 Å². The Morgan fingerprint density at radius 3 is 2.82 bits per heavy atom. The lowest BCUT2D eigenvalue weighted by Crippen LogP contribution is -2.25. The molecule has 112 valence electrons. The number of nitrogens with zero attached hydrogens (tertiary/aromatic N) is 1. The van der Waals surface area contributed by atoms with E-state index >= 15 is 0 Å². The van der Waals surface area contributed by atoms with Gasteiger partial charge < -0.3 is 9.88 Å². The Morgan fingerprint density at radius 1 is 1.09 bits per heavy atom. The van der Waals surface area contributed by atoms with E-state index in [9.17, 15) is 4.79 Å². The van der Waals surface area contributed by atoms with Gasteiger partial charge in [-0.2, -0.15) is 0 Å². The van der Waals surface area contributed by atoms with Crippen molar-refractivity contribution in [3.05, 3.63) is 71.4 Å². The van der Waals surface area contributed by atoms with Crippen LogP contribution in [0.15, 0.2) is 60.8 Å². The zero-order valence-corrected chi connectivity index (χ0v) is 12.9. The molecular weight excluding hydrogens is 296 g/mol. The highest BCUT2D eigenvalue weighted by Crippen LogP contribution is 2.15. The Kier molecular flexibility index (Phi) is 4.45. The summed E-state index contributed by atoms with van der Waals surface area (Å²) in [7, 11) is 0. The van der Waals surface area contributed by atoms with E-state index < -0.39 is 0 Å². The van der Waals surface area contributed by atoms with Gasteiger partial charge in [0.05, 0.1) is 0 Å². The van der Waals surface area contributed by atoms with Gasteiger partial charge in [-0.1, -0.05) is 35.9 Å². The maximum Gasteiger partial charge on any atom is 0.251 e. The molecule has 3 nitrogen and oxygen atoms in total. The van der Waals surface area contributed by atoms with Crippen LogP contribution in [0.1, 0.15) is 16.8 Å². The molecule has 0 unspecified atom stereocenters. The minimum atomic E-state index is -0.0835. The van der Waals surface area contributed by atoms with E-state index in [2.05, 4.69) is 34.3 Å². The van der Waals surface area contributed by atoms with Gasteiger partial charge in [0.25, 0.3) is 5.91 Å². The minimum Gasteiger partial charge on any atom is -0.352 e. The molecule has 1 aromatic heterocycles. The average Bonchev–Trinajstić information content (AvgIpc) is 2.95. The predicted molar refractivity (Wildman–Crippen MR) is 90.3 cm³/mol. The summed E-state index contributed by atoms with van der Waals surface area (Å²) in [4.78, 5) is 12.0. The standard InChI is InChI=1S/C18H17ClN2O/c19-16-7-3-6-15(13-16)18(22)20-10-4-11-21-12-9-14-5-1-2-8-17(14)21/h1-3,5-9,12-13H,4,10-11H2,(H,20,22). The van der Waals surface area contributed by atoms with E-state index in [0.717, 1.165) is 13.0 Å². The van der Waals surface area contributed by atoms with Crippen LogP contribution in [0, 0.1) is 0 Å². The normalized spacial score (nSPS) is 10.8. The molecule has 0 aliphatic rings. The largest absolute Gasteiger partial charge is 0.352 e. The Morgan fingerprint density at radius 2 is 1.95 bits per heavy atom. The van der Waals surface area contributed by atoms with Crippen molar-refractivity contribution in [2.45, 2.75) is 13.0 Å². The van der Waals surface area contributed by atoms with E-state index in [0.29, 0.717) is 17.1 Å². The van der Waals surface area contributed by atoms with Gasteiger partial charge in [0.15, 0.2) is 0 Å². The Balaban J connectivity index is 1.52. The van der Waals surface area contributed by atoms with E-state index in [1.807, 2.05) is 12.1 Å². The van der Waals surface area contributed by atoms with Crippen LogP contribution in [0.4, 0.5) is 0 Å². The molecule has 22 heavy (non-hydrogen) atoms. The second kappa shape index (κ2) is 6.67. The molecule has 0 radical (unpaired) electrons. The molecule has 0 bridgehead atoms. The van der Waals surface area contributed by atoms with Crippen molar-refractivity contribution in [2.75, 3.05) is 6.54 Å². The molecule has 0 spiro atoms. The summed E-state index contributed by atoms with van der Waals surface area (Å²) < 4.78 is 2.21. The van der Waals surface area contributed by atoms with Crippen LogP contribution in [0.3, 0.4) is 0 Å². The van der Waals surface area contributed by atoms with E-state index in [1.54, 1.807) is 24.3 Å². The van der Waals surface area contributed by atoms with Gasteiger partial charge in [0.1, 0.15) is 0 Å². The van der Waals surface area contributed by atoms with Gasteiger partial charge in [-0.3, -0.25) is 4.79 Å². The Bertz CT molecular complexity index is 794. The third-order valence-corrected chi connectivity index (χ3v) is 3.86. The Labute approximate surface area is 134 Å². The molecule has 2 aromatic carbocycles. The molecule has 4 heteroatoms. The quantitative estimate of drug-likeness (QED) is 0.707. The highest BCUT2D eigenvalue weighted by molar-refractivity contribution is 6.30. The summed E-state index contributed by atoms with van der Waals surface area (Å²) in [5.74, 6) is -0.0835. The zero-order chi connectivity index (χ0) is 15.4. The smallest absolute Gasteiger partial charge is 0.251 e. The molecule has 1 N–H and O–H groups in total.